The summed E-state index contributed by atoms with van der Waals surface area (Å²) in [5, 5.41) is 2.54. The van der Waals surface area contributed by atoms with Gasteiger partial charge >= 0.3 is 0 Å². The fraction of sp³-hybridized carbons (Fsp3) is 0.167. The monoisotopic (exact) mass is 434 g/mol. The van der Waals surface area contributed by atoms with Gasteiger partial charge in [-0.25, -0.2) is 4.98 Å². The first-order valence-corrected chi connectivity index (χ1v) is 10.6. The lowest BCUT2D eigenvalue weighted by Gasteiger charge is -2.13. The fourth-order valence-electron chi connectivity index (χ4n) is 3.06. The summed E-state index contributed by atoms with van der Waals surface area (Å²) in [4.78, 5) is 18.8. The van der Waals surface area contributed by atoms with E-state index < -0.39 is 0 Å². The molecule has 2 aromatic heterocycles. The normalized spacial score (nSPS) is 10.6. The van der Waals surface area contributed by atoms with Crippen molar-refractivity contribution in [3.05, 3.63) is 89.3 Å². The first-order valence-electron chi connectivity index (χ1n) is 9.72. The van der Waals surface area contributed by atoms with Crippen molar-refractivity contribution in [2.45, 2.75) is 13.2 Å². The van der Waals surface area contributed by atoms with E-state index >= 15 is 0 Å². The van der Waals surface area contributed by atoms with Crippen LogP contribution in [0.15, 0.2) is 76.7 Å². The highest BCUT2D eigenvalue weighted by molar-refractivity contribution is 7.13. The van der Waals surface area contributed by atoms with E-state index in [0.29, 0.717) is 18.8 Å². The molecule has 0 aliphatic carbocycles. The zero-order valence-corrected chi connectivity index (χ0v) is 18.1. The van der Waals surface area contributed by atoms with E-state index in [4.69, 9.17) is 13.9 Å². The number of methoxy groups -OCH3 is 1. The molecule has 0 spiro atoms. The Balaban J connectivity index is 1.43. The van der Waals surface area contributed by atoms with Crippen molar-refractivity contribution < 1.29 is 18.7 Å². The predicted molar refractivity (Wildman–Crippen MR) is 119 cm³/mol. The van der Waals surface area contributed by atoms with Crippen molar-refractivity contribution in [3.8, 4) is 22.1 Å². The minimum Gasteiger partial charge on any atom is -0.497 e. The van der Waals surface area contributed by atoms with Gasteiger partial charge in [0.2, 0.25) is 0 Å². The second-order valence-corrected chi connectivity index (χ2v) is 7.80. The number of thiazole rings is 1. The van der Waals surface area contributed by atoms with Gasteiger partial charge in [0.25, 0.3) is 5.91 Å². The van der Waals surface area contributed by atoms with Crippen LogP contribution in [0.4, 0.5) is 0 Å². The molecule has 158 valence electrons. The van der Waals surface area contributed by atoms with E-state index in [1.807, 2.05) is 54.6 Å². The van der Waals surface area contributed by atoms with Gasteiger partial charge < -0.3 is 18.8 Å². The van der Waals surface area contributed by atoms with Gasteiger partial charge in [-0.1, -0.05) is 24.3 Å². The second-order valence-electron chi connectivity index (χ2n) is 6.95. The van der Waals surface area contributed by atoms with Crippen molar-refractivity contribution in [2.24, 2.45) is 0 Å². The molecule has 4 rings (SSSR count). The number of hydrogen-bond donors (Lipinski definition) is 0. The van der Waals surface area contributed by atoms with Crippen LogP contribution in [0.5, 0.6) is 11.5 Å². The number of amides is 1. The summed E-state index contributed by atoms with van der Waals surface area (Å²) >= 11 is 1.43. The maximum absolute atomic E-state index is 12.7. The molecular weight excluding hydrogens is 412 g/mol. The molecule has 2 heterocycles. The van der Waals surface area contributed by atoms with Crippen molar-refractivity contribution in [1.82, 2.24) is 9.88 Å². The maximum atomic E-state index is 12.7. The van der Waals surface area contributed by atoms with E-state index in [0.717, 1.165) is 33.4 Å². The minimum atomic E-state index is -0.149. The Kier molecular flexibility index (Phi) is 6.33. The molecule has 4 aromatic rings. The van der Waals surface area contributed by atoms with Crippen LogP contribution in [0.1, 0.15) is 21.8 Å². The number of furan rings is 1. The topological polar surface area (TPSA) is 64.8 Å². The van der Waals surface area contributed by atoms with Gasteiger partial charge in [-0.15, -0.1) is 11.3 Å². The number of carbonyl (C=O) groups is 1. The number of rotatable bonds is 8. The van der Waals surface area contributed by atoms with Gasteiger partial charge in [-0.2, -0.15) is 0 Å². The third kappa shape index (κ3) is 5.13. The number of nitrogens with zero attached hydrogens (tertiary/aromatic N) is 2. The highest BCUT2D eigenvalue weighted by Crippen LogP contribution is 2.28. The van der Waals surface area contributed by atoms with Gasteiger partial charge in [-0.3, -0.25) is 4.79 Å². The van der Waals surface area contributed by atoms with Crippen LogP contribution in [0.2, 0.25) is 0 Å². The van der Waals surface area contributed by atoms with Crippen LogP contribution in [-0.4, -0.2) is 29.9 Å². The number of ether oxygens (including phenoxy) is 2. The molecule has 0 atom stereocenters. The largest absolute Gasteiger partial charge is 0.497 e. The van der Waals surface area contributed by atoms with E-state index in [2.05, 4.69) is 4.98 Å². The molecule has 0 aliphatic heterocycles. The molecule has 0 radical (unpaired) electrons. The lowest BCUT2D eigenvalue weighted by Crippen LogP contribution is -2.26. The smallest absolute Gasteiger partial charge is 0.273 e. The Morgan fingerprint density at radius 1 is 1.10 bits per heavy atom. The average molecular weight is 435 g/mol. The zero-order valence-electron chi connectivity index (χ0n) is 17.3. The number of hydrogen-bond acceptors (Lipinski definition) is 6. The van der Waals surface area contributed by atoms with Gasteiger partial charge in [-0.05, 0) is 42.0 Å². The van der Waals surface area contributed by atoms with Gasteiger partial charge in [0.1, 0.15) is 34.6 Å². The highest BCUT2D eigenvalue weighted by Gasteiger charge is 2.17. The molecule has 0 unspecified atom stereocenters. The lowest BCUT2D eigenvalue weighted by atomic mass is 10.2. The standard InChI is InChI=1S/C24H22N2O4S/c1-26(14-21-10-5-11-29-21)24(27)22-16-31-23(25-22)18-7-4-9-20(13-18)30-15-17-6-3-8-19(12-17)28-2/h3-13,16H,14-15H2,1-2H3. The van der Waals surface area contributed by atoms with E-state index in [1.165, 1.54) is 11.3 Å². The molecule has 0 fully saturated rings. The molecule has 0 aliphatic rings. The molecule has 6 nitrogen and oxygen atoms in total. The second kappa shape index (κ2) is 9.49. The number of carbonyl (C=O) groups excluding carboxylic acids is 1. The Hall–Kier alpha value is -3.58. The molecule has 0 bridgehead atoms. The van der Waals surface area contributed by atoms with E-state index in [-0.39, 0.29) is 5.91 Å². The van der Waals surface area contributed by atoms with Gasteiger partial charge in [0.15, 0.2) is 0 Å². The Bertz CT molecular complexity index is 1150. The summed E-state index contributed by atoms with van der Waals surface area (Å²) in [7, 11) is 3.38. The SMILES string of the molecule is COc1cccc(COc2cccc(-c3nc(C(=O)N(C)Cc4ccco4)cs3)c2)c1. The molecule has 2 aromatic carbocycles. The lowest BCUT2D eigenvalue weighted by molar-refractivity contribution is 0.0770. The van der Waals surface area contributed by atoms with Crippen molar-refractivity contribution in [3.63, 3.8) is 0 Å². The quantitative estimate of drug-likeness (QED) is 0.378. The van der Waals surface area contributed by atoms with E-state index in [9.17, 15) is 4.79 Å². The van der Waals surface area contributed by atoms with Crippen molar-refractivity contribution >= 4 is 17.2 Å². The van der Waals surface area contributed by atoms with Gasteiger partial charge in [0.05, 0.1) is 19.9 Å². The Morgan fingerprint density at radius 2 is 1.94 bits per heavy atom. The van der Waals surface area contributed by atoms with Crippen LogP contribution >= 0.6 is 11.3 Å². The van der Waals surface area contributed by atoms with Crippen LogP contribution in [0.3, 0.4) is 0 Å². The fourth-order valence-corrected chi connectivity index (χ4v) is 3.85. The van der Waals surface area contributed by atoms with Crippen LogP contribution in [0.25, 0.3) is 10.6 Å². The summed E-state index contributed by atoms with van der Waals surface area (Å²) in [6.07, 6.45) is 1.60. The third-order valence-electron chi connectivity index (χ3n) is 4.66. The molecule has 7 heteroatoms. The summed E-state index contributed by atoms with van der Waals surface area (Å²) < 4.78 is 16.5. The first kappa shape index (κ1) is 20.7. The molecule has 0 saturated heterocycles. The molecule has 0 N–H and O–H groups in total. The first-order chi connectivity index (χ1) is 15.1. The third-order valence-corrected chi connectivity index (χ3v) is 5.56. The summed E-state index contributed by atoms with van der Waals surface area (Å²) in [6, 6.07) is 19.1. The Morgan fingerprint density at radius 3 is 2.74 bits per heavy atom. The highest BCUT2D eigenvalue weighted by atomic mass is 32.1. The number of aromatic nitrogens is 1. The molecule has 31 heavy (non-hydrogen) atoms. The zero-order chi connectivity index (χ0) is 21.6. The summed E-state index contributed by atoms with van der Waals surface area (Å²) in [6.45, 7) is 0.826. The molecule has 1 amide bonds. The average Bonchev–Trinajstić information content (AvgIpc) is 3.50. The van der Waals surface area contributed by atoms with Crippen LogP contribution < -0.4 is 9.47 Å². The Labute approximate surface area is 184 Å². The van der Waals surface area contributed by atoms with Crippen molar-refractivity contribution in [1.29, 1.82) is 0 Å². The van der Waals surface area contributed by atoms with Crippen molar-refractivity contribution in [2.75, 3.05) is 14.2 Å². The minimum absolute atomic E-state index is 0.149. The predicted octanol–water partition coefficient (Wildman–Crippen LogP) is 5.26. The van der Waals surface area contributed by atoms with E-state index in [1.54, 1.807) is 36.8 Å². The van der Waals surface area contributed by atoms with Crippen LogP contribution in [-0.2, 0) is 13.2 Å². The van der Waals surface area contributed by atoms with Crippen LogP contribution in [0, 0.1) is 0 Å². The maximum Gasteiger partial charge on any atom is 0.273 e. The molecular formula is C24H22N2O4S. The number of benzene rings is 2. The summed E-state index contributed by atoms with van der Waals surface area (Å²) in [5.41, 5.74) is 2.34. The van der Waals surface area contributed by atoms with Gasteiger partial charge in [0, 0.05) is 18.0 Å². The summed E-state index contributed by atoms with van der Waals surface area (Å²) in [5.74, 6) is 2.11. The molecule has 0 saturated carbocycles.